The van der Waals surface area contributed by atoms with Crippen molar-refractivity contribution >= 4 is 33.4 Å². The molecule has 2 aromatic carbocycles. The first-order chi connectivity index (χ1) is 21.4. The molecule has 0 radical (unpaired) electrons. The number of sulfonamides is 1. The molecule has 4 N–H and O–H groups in total. The Morgan fingerprint density at radius 3 is 2.44 bits per heavy atom. The predicted octanol–water partition coefficient (Wildman–Crippen LogP) is 3.78. The number of anilines is 1. The van der Waals surface area contributed by atoms with Crippen molar-refractivity contribution < 1.29 is 23.1 Å². The molecule has 10 nitrogen and oxygen atoms in total. The number of nitrogens with two attached hydrogens (primary N) is 1. The maximum absolute atomic E-state index is 13.5. The van der Waals surface area contributed by atoms with E-state index >= 15 is 0 Å². The molecule has 3 aliphatic rings. The molecule has 242 valence electrons. The number of fused-ring (bicyclic) bond motifs is 1. The van der Waals surface area contributed by atoms with Gasteiger partial charge in [0.25, 0.3) is 5.91 Å². The van der Waals surface area contributed by atoms with Gasteiger partial charge in [-0.1, -0.05) is 24.3 Å². The van der Waals surface area contributed by atoms with E-state index in [0.29, 0.717) is 31.0 Å². The van der Waals surface area contributed by atoms with Gasteiger partial charge in [0.2, 0.25) is 15.9 Å². The van der Waals surface area contributed by atoms with Gasteiger partial charge in [-0.2, -0.15) is 4.99 Å². The molecule has 1 saturated carbocycles. The normalized spacial score (nSPS) is 22.4. The van der Waals surface area contributed by atoms with Crippen molar-refractivity contribution in [2.75, 3.05) is 24.5 Å². The summed E-state index contributed by atoms with van der Waals surface area (Å²) in [4.78, 5) is 34.6. The number of nitrogens with zero attached hydrogens (tertiary/aromatic N) is 3. The minimum Gasteiger partial charge on any atom is -0.390 e. The molecule has 5 rings (SSSR count). The molecule has 0 aromatic heterocycles. The van der Waals surface area contributed by atoms with Crippen molar-refractivity contribution in [3.8, 4) is 0 Å². The number of hydrogen-bond donors (Lipinski definition) is 3. The Kier molecular flexibility index (Phi) is 9.93. The van der Waals surface area contributed by atoms with Gasteiger partial charge in [0, 0.05) is 42.7 Å². The molecule has 2 aromatic rings. The Bertz CT molecular complexity index is 1570. The molecule has 1 aliphatic carbocycles. The van der Waals surface area contributed by atoms with Gasteiger partial charge < -0.3 is 15.7 Å². The van der Waals surface area contributed by atoms with Crippen LogP contribution in [0.2, 0.25) is 0 Å². The summed E-state index contributed by atoms with van der Waals surface area (Å²) < 4.78 is 27.8. The quantitative estimate of drug-likeness (QED) is 0.337. The molecule has 0 unspecified atom stereocenters. The lowest BCUT2D eigenvalue weighted by Gasteiger charge is -2.38. The Labute approximate surface area is 266 Å². The van der Waals surface area contributed by atoms with Gasteiger partial charge in [-0.25, -0.2) is 13.1 Å². The summed E-state index contributed by atoms with van der Waals surface area (Å²) in [6.07, 6.45) is 6.70. The van der Waals surface area contributed by atoms with E-state index in [2.05, 4.69) is 44.3 Å². The van der Waals surface area contributed by atoms with Crippen LogP contribution in [0.5, 0.6) is 0 Å². The molecule has 0 atom stereocenters. The van der Waals surface area contributed by atoms with E-state index < -0.39 is 21.5 Å². The third-order valence-corrected chi connectivity index (χ3v) is 11.0. The van der Waals surface area contributed by atoms with Crippen molar-refractivity contribution in [2.24, 2.45) is 22.6 Å². The minimum atomic E-state index is -3.80. The van der Waals surface area contributed by atoms with E-state index in [0.717, 1.165) is 56.6 Å². The number of piperidine rings is 1. The maximum atomic E-state index is 13.5. The van der Waals surface area contributed by atoms with Crippen LogP contribution in [0.3, 0.4) is 0 Å². The zero-order chi connectivity index (χ0) is 32.4. The number of primary amides is 1. The number of carbonyl (C=O) groups is 2. The van der Waals surface area contributed by atoms with Crippen LogP contribution in [0.4, 0.5) is 5.69 Å². The van der Waals surface area contributed by atoms with Gasteiger partial charge in [-0.05, 0) is 107 Å². The molecule has 0 spiro atoms. The summed E-state index contributed by atoms with van der Waals surface area (Å²) in [5, 5.41) is 10.4. The molecule has 1 saturated heterocycles. The highest BCUT2D eigenvalue weighted by Gasteiger charge is 2.36. The van der Waals surface area contributed by atoms with E-state index in [-0.39, 0.29) is 34.9 Å². The van der Waals surface area contributed by atoms with Crippen molar-refractivity contribution in [1.82, 2.24) is 9.62 Å². The minimum absolute atomic E-state index is 0.0111. The van der Waals surface area contributed by atoms with E-state index in [9.17, 15) is 23.1 Å². The Balaban J connectivity index is 1.40. The lowest BCUT2D eigenvalue weighted by atomic mass is 9.83. The summed E-state index contributed by atoms with van der Waals surface area (Å²) in [6.45, 7) is 10.0. The third kappa shape index (κ3) is 7.71. The van der Waals surface area contributed by atoms with Crippen molar-refractivity contribution in [1.29, 1.82) is 0 Å². The zero-order valence-corrected chi connectivity index (χ0v) is 27.1. The van der Waals surface area contributed by atoms with E-state index in [1.807, 2.05) is 13.8 Å². The van der Waals surface area contributed by atoms with Crippen LogP contribution >= 0.6 is 0 Å². The second-order valence-electron chi connectivity index (χ2n) is 13.1. The number of amidine groups is 1. The number of amides is 2. The summed E-state index contributed by atoms with van der Waals surface area (Å²) in [7, 11) is -3.80. The van der Waals surface area contributed by atoms with Crippen LogP contribution in [0, 0.1) is 11.8 Å². The molecule has 2 aliphatic heterocycles. The second-order valence-corrected chi connectivity index (χ2v) is 14.9. The first-order valence-electron chi connectivity index (χ1n) is 15.8. The fourth-order valence-electron chi connectivity index (χ4n) is 6.88. The highest BCUT2D eigenvalue weighted by molar-refractivity contribution is 7.89. The molecule has 0 bridgehead atoms. The number of hydrogen-bond acceptors (Lipinski definition) is 6. The molecule has 2 heterocycles. The fraction of sp³-hybridized carbons (Fsp3) is 0.500. The second kappa shape index (κ2) is 13.5. The number of nitrogens with one attached hydrogen (secondary N) is 1. The number of aliphatic hydroxyl groups is 1. The Hall–Kier alpha value is -3.38. The topological polar surface area (TPSA) is 145 Å². The number of benzene rings is 2. The zero-order valence-electron chi connectivity index (χ0n) is 26.2. The van der Waals surface area contributed by atoms with E-state index in [4.69, 9.17) is 5.73 Å². The number of aliphatic imine (C=N–C) groups is 1. The van der Waals surface area contributed by atoms with Crippen LogP contribution in [-0.2, 0) is 27.8 Å². The lowest BCUT2D eigenvalue weighted by Crippen LogP contribution is -2.42. The van der Waals surface area contributed by atoms with Crippen LogP contribution in [0.25, 0.3) is 0 Å². The fourth-order valence-corrected chi connectivity index (χ4v) is 7.92. The molecular formula is C34H45N5O5S. The Morgan fingerprint density at radius 1 is 1.09 bits per heavy atom. The summed E-state index contributed by atoms with van der Waals surface area (Å²) in [5.41, 5.74) is 8.41. The van der Waals surface area contributed by atoms with Crippen molar-refractivity contribution in [3.05, 3.63) is 71.8 Å². The van der Waals surface area contributed by atoms with Crippen molar-refractivity contribution in [3.63, 3.8) is 0 Å². The molecule has 45 heavy (non-hydrogen) atoms. The molecule has 11 heteroatoms. The van der Waals surface area contributed by atoms with Gasteiger partial charge >= 0.3 is 0 Å². The number of carbonyl (C=O) groups excluding carboxylic acids is 2. The average Bonchev–Trinajstić information content (AvgIpc) is 3.37. The maximum Gasteiger partial charge on any atom is 0.278 e. The number of rotatable bonds is 10. The first kappa shape index (κ1) is 33.0. The van der Waals surface area contributed by atoms with Gasteiger partial charge in [-0.3, -0.25) is 14.5 Å². The van der Waals surface area contributed by atoms with Gasteiger partial charge in [0.05, 0.1) is 10.5 Å². The smallest absolute Gasteiger partial charge is 0.278 e. The van der Waals surface area contributed by atoms with Gasteiger partial charge in [0.15, 0.2) is 0 Å². The highest BCUT2D eigenvalue weighted by atomic mass is 32.2. The van der Waals surface area contributed by atoms with Crippen molar-refractivity contribution in [2.45, 2.75) is 81.9 Å². The summed E-state index contributed by atoms with van der Waals surface area (Å²) >= 11 is 0. The van der Waals surface area contributed by atoms with Gasteiger partial charge in [0.1, 0.15) is 5.84 Å². The van der Waals surface area contributed by atoms with E-state index in [1.165, 1.54) is 23.8 Å². The highest BCUT2D eigenvalue weighted by Crippen LogP contribution is 2.38. The standard InChI is InChI=1S/C34H45N5O5S/c1-4-16-36-45(43,44)29-7-5-6-26(20-29)33(41)37-31-21-25-9-8-23(22-38-17-14-27(15-18-38)34(2,3)42)19-30(25)39(31)28-12-10-24(11-13-28)32(35)40/h4-9,19-20,24,27-28,36,42H,1,10-18,21-22H2,2-3H3,(H2,35,40). The van der Waals surface area contributed by atoms with Crippen LogP contribution in [-0.4, -0.2) is 67.4 Å². The van der Waals surface area contributed by atoms with Crippen LogP contribution < -0.4 is 15.4 Å². The summed E-state index contributed by atoms with van der Waals surface area (Å²) in [6, 6.07) is 12.4. The average molecular weight is 636 g/mol. The predicted molar refractivity (Wildman–Crippen MR) is 175 cm³/mol. The third-order valence-electron chi connectivity index (χ3n) is 9.53. The number of likely N-dealkylation sites (tertiary alicyclic amines) is 1. The van der Waals surface area contributed by atoms with Crippen LogP contribution in [0.1, 0.15) is 73.9 Å². The molecule has 2 amide bonds. The molecular weight excluding hydrogens is 590 g/mol. The van der Waals surface area contributed by atoms with Crippen LogP contribution in [0.15, 0.2) is 65.0 Å². The monoisotopic (exact) mass is 635 g/mol. The largest absolute Gasteiger partial charge is 0.390 e. The lowest BCUT2D eigenvalue weighted by molar-refractivity contribution is -0.122. The SMILES string of the molecule is C=CCNS(=O)(=O)c1cccc(C(=O)N=C2Cc3ccc(CN4CCC(C(C)(C)O)CC4)cc3N2C2CCC(C(N)=O)CC2)c1. The van der Waals surface area contributed by atoms with Gasteiger partial charge in [-0.15, -0.1) is 6.58 Å². The van der Waals surface area contributed by atoms with E-state index in [1.54, 1.807) is 12.1 Å². The summed E-state index contributed by atoms with van der Waals surface area (Å²) in [5.74, 6) is -0.0152. The Morgan fingerprint density at radius 2 is 1.80 bits per heavy atom. The molecule has 2 fully saturated rings. The first-order valence-corrected chi connectivity index (χ1v) is 17.3.